The average Bonchev–Trinajstić information content (AvgIpc) is 3.34. The fourth-order valence-corrected chi connectivity index (χ4v) is 4.19. The number of hydrogen-bond donors (Lipinski definition) is 2. The van der Waals surface area contributed by atoms with Gasteiger partial charge in [0.15, 0.2) is 5.96 Å². The molecule has 128 valence electrons. The minimum absolute atomic E-state index is 0. The van der Waals surface area contributed by atoms with E-state index in [1.54, 1.807) is 0 Å². The third kappa shape index (κ3) is 3.89. The van der Waals surface area contributed by atoms with Crippen LogP contribution in [0.1, 0.15) is 58.3 Å². The highest BCUT2D eigenvalue weighted by molar-refractivity contribution is 14.0. The molecule has 2 atom stereocenters. The van der Waals surface area contributed by atoms with Crippen LogP contribution in [0.2, 0.25) is 0 Å². The highest BCUT2D eigenvalue weighted by Crippen LogP contribution is 2.53. The zero-order chi connectivity index (χ0) is 14.7. The van der Waals surface area contributed by atoms with Crippen LogP contribution < -0.4 is 10.6 Å². The van der Waals surface area contributed by atoms with Crippen LogP contribution in [-0.4, -0.2) is 38.3 Å². The summed E-state index contributed by atoms with van der Waals surface area (Å²) in [5, 5.41) is 7.19. The number of rotatable bonds is 5. The van der Waals surface area contributed by atoms with Crippen molar-refractivity contribution in [2.45, 2.75) is 70.4 Å². The summed E-state index contributed by atoms with van der Waals surface area (Å²) in [7, 11) is 1.88. The molecule has 2 unspecified atom stereocenters. The van der Waals surface area contributed by atoms with E-state index in [-0.39, 0.29) is 24.0 Å². The van der Waals surface area contributed by atoms with E-state index in [1.165, 1.54) is 44.9 Å². The fourth-order valence-electron chi connectivity index (χ4n) is 4.19. The van der Waals surface area contributed by atoms with Gasteiger partial charge in [-0.25, -0.2) is 0 Å². The maximum Gasteiger partial charge on any atom is 0.191 e. The monoisotopic (exact) mass is 421 g/mol. The van der Waals surface area contributed by atoms with Crippen LogP contribution >= 0.6 is 24.0 Å². The largest absolute Gasteiger partial charge is 0.378 e. The van der Waals surface area contributed by atoms with Gasteiger partial charge in [-0.05, 0) is 44.9 Å². The maximum atomic E-state index is 6.02. The molecule has 22 heavy (non-hydrogen) atoms. The van der Waals surface area contributed by atoms with Crippen molar-refractivity contribution in [3.8, 4) is 0 Å². The van der Waals surface area contributed by atoms with Crippen LogP contribution in [0.3, 0.4) is 0 Å². The Kier molecular flexibility index (Phi) is 6.80. The van der Waals surface area contributed by atoms with E-state index in [9.17, 15) is 0 Å². The van der Waals surface area contributed by atoms with E-state index in [1.807, 2.05) is 7.05 Å². The van der Waals surface area contributed by atoms with Gasteiger partial charge in [-0.2, -0.15) is 0 Å². The van der Waals surface area contributed by atoms with Gasteiger partial charge in [0.05, 0.1) is 6.10 Å². The van der Waals surface area contributed by atoms with E-state index in [0.29, 0.717) is 17.6 Å². The topological polar surface area (TPSA) is 45.6 Å². The molecule has 0 bridgehead atoms. The zero-order valence-corrected chi connectivity index (χ0v) is 16.4. The summed E-state index contributed by atoms with van der Waals surface area (Å²) >= 11 is 0. The molecule has 3 rings (SSSR count). The van der Waals surface area contributed by atoms with Gasteiger partial charge in [0.1, 0.15) is 0 Å². The first-order valence-corrected chi connectivity index (χ1v) is 8.87. The summed E-state index contributed by atoms with van der Waals surface area (Å²) in [6.45, 7) is 4.04. The lowest BCUT2D eigenvalue weighted by molar-refractivity contribution is -0.145. The molecule has 3 saturated carbocycles. The van der Waals surface area contributed by atoms with Crippen molar-refractivity contribution in [1.82, 2.24) is 10.6 Å². The van der Waals surface area contributed by atoms with Gasteiger partial charge >= 0.3 is 0 Å². The molecule has 0 aromatic rings. The summed E-state index contributed by atoms with van der Waals surface area (Å²) in [4.78, 5) is 4.41. The molecule has 3 aliphatic rings. The molecule has 3 fully saturated rings. The second-order valence-corrected chi connectivity index (χ2v) is 7.07. The Balaban J connectivity index is 0.00000176. The van der Waals surface area contributed by atoms with Crippen molar-refractivity contribution in [3.05, 3.63) is 0 Å². The van der Waals surface area contributed by atoms with Crippen molar-refractivity contribution in [1.29, 1.82) is 0 Å². The second-order valence-electron chi connectivity index (χ2n) is 7.07. The van der Waals surface area contributed by atoms with Crippen molar-refractivity contribution >= 4 is 29.9 Å². The van der Waals surface area contributed by atoms with Crippen molar-refractivity contribution in [3.63, 3.8) is 0 Å². The minimum Gasteiger partial charge on any atom is -0.378 e. The molecule has 0 radical (unpaired) electrons. The van der Waals surface area contributed by atoms with E-state index >= 15 is 0 Å². The first-order chi connectivity index (χ1) is 10.3. The van der Waals surface area contributed by atoms with E-state index in [2.05, 4.69) is 22.5 Å². The Bertz CT molecular complexity index is 378. The molecule has 0 aromatic heterocycles. The zero-order valence-electron chi connectivity index (χ0n) is 14.1. The maximum absolute atomic E-state index is 6.02. The lowest BCUT2D eigenvalue weighted by atomic mass is 9.55. The summed E-state index contributed by atoms with van der Waals surface area (Å²) in [5.41, 5.74) is 0.367. The Hall–Kier alpha value is -0.0400. The minimum atomic E-state index is 0. The van der Waals surface area contributed by atoms with Crippen LogP contribution in [-0.2, 0) is 4.74 Å². The van der Waals surface area contributed by atoms with Gasteiger partial charge in [0.25, 0.3) is 0 Å². The van der Waals surface area contributed by atoms with Crippen molar-refractivity contribution in [2.75, 3.05) is 20.2 Å². The van der Waals surface area contributed by atoms with Crippen LogP contribution in [0.4, 0.5) is 0 Å². The van der Waals surface area contributed by atoms with Crippen LogP contribution in [0.15, 0.2) is 4.99 Å². The van der Waals surface area contributed by atoms with Gasteiger partial charge < -0.3 is 15.4 Å². The highest BCUT2D eigenvalue weighted by atomic mass is 127. The molecule has 0 amide bonds. The Morgan fingerprint density at radius 3 is 2.55 bits per heavy atom. The molecule has 0 aromatic carbocycles. The summed E-state index contributed by atoms with van der Waals surface area (Å²) in [6.07, 6.45) is 11.1. The van der Waals surface area contributed by atoms with E-state index in [4.69, 9.17) is 4.74 Å². The molecular weight excluding hydrogens is 389 g/mol. The predicted octanol–water partition coefficient (Wildman–Crippen LogP) is 3.31. The quantitative estimate of drug-likeness (QED) is 0.407. The third-order valence-electron chi connectivity index (χ3n) is 5.73. The molecule has 4 nitrogen and oxygen atoms in total. The van der Waals surface area contributed by atoms with Crippen molar-refractivity contribution in [2.24, 2.45) is 16.3 Å². The molecule has 5 heteroatoms. The van der Waals surface area contributed by atoms with Gasteiger partial charge in [0.2, 0.25) is 0 Å². The van der Waals surface area contributed by atoms with Crippen molar-refractivity contribution < 1.29 is 4.74 Å². The smallest absolute Gasteiger partial charge is 0.191 e. The summed E-state index contributed by atoms with van der Waals surface area (Å²) in [5.74, 6) is 1.87. The first-order valence-electron chi connectivity index (χ1n) is 8.87. The summed E-state index contributed by atoms with van der Waals surface area (Å²) in [6, 6.07) is 0.541. The van der Waals surface area contributed by atoms with Crippen LogP contribution in [0.25, 0.3) is 0 Å². The molecule has 1 spiro atoms. The number of ether oxygens (including phenoxy) is 1. The lowest BCUT2D eigenvalue weighted by Crippen LogP contribution is -2.66. The van der Waals surface area contributed by atoms with Gasteiger partial charge in [-0.3, -0.25) is 4.99 Å². The Morgan fingerprint density at radius 1 is 1.23 bits per heavy atom. The van der Waals surface area contributed by atoms with Gasteiger partial charge in [0, 0.05) is 31.7 Å². The molecule has 0 heterocycles. The van der Waals surface area contributed by atoms with Crippen LogP contribution in [0, 0.1) is 11.3 Å². The van der Waals surface area contributed by atoms with E-state index < -0.39 is 0 Å². The number of nitrogens with one attached hydrogen (secondary N) is 2. The number of guanidine groups is 1. The molecule has 2 N–H and O–H groups in total. The number of nitrogens with zero attached hydrogens (tertiary/aromatic N) is 1. The Morgan fingerprint density at radius 2 is 1.95 bits per heavy atom. The van der Waals surface area contributed by atoms with E-state index in [0.717, 1.165) is 31.4 Å². The number of hydrogen-bond acceptors (Lipinski definition) is 2. The molecule has 3 aliphatic carbocycles. The summed E-state index contributed by atoms with van der Waals surface area (Å²) < 4.78 is 6.02. The lowest BCUT2D eigenvalue weighted by Gasteiger charge is -2.57. The highest BCUT2D eigenvalue weighted by Gasteiger charge is 2.55. The normalized spacial score (nSPS) is 30.4. The molecule has 0 saturated heterocycles. The molecule has 0 aliphatic heterocycles. The fraction of sp³-hybridized carbons (Fsp3) is 0.941. The van der Waals surface area contributed by atoms with Gasteiger partial charge in [-0.1, -0.05) is 19.3 Å². The predicted molar refractivity (Wildman–Crippen MR) is 102 cm³/mol. The van der Waals surface area contributed by atoms with Crippen LogP contribution in [0.5, 0.6) is 0 Å². The molecular formula is C17H32IN3O. The third-order valence-corrected chi connectivity index (χ3v) is 5.73. The Labute approximate surface area is 152 Å². The average molecular weight is 421 g/mol. The second kappa shape index (κ2) is 8.18. The SMILES string of the molecule is CCOC1CC(NC(=NC)NCC2CC2)C12CCCCC2.I. The van der Waals surface area contributed by atoms with Gasteiger partial charge in [-0.15, -0.1) is 24.0 Å². The number of aliphatic imine (C=N–C) groups is 1. The number of halogens is 1. The first kappa shape index (κ1) is 18.3. The standard InChI is InChI=1S/C17H31N3O.HI/c1-3-21-15-11-14(17(15)9-5-4-6-10-17)20-16(18-2)19-12-13-7-8-13;/h13-15H,3-12H2,1-2H3,(H2,18,19,20);1H.